The summed E-state index contributed by atoms with van der Waals surface area (Å²) in [6.45, 7) is 6.25. The molecule has 170 valence electrons. The van der Waals surface area contributed by atoms with E-state index in [1.165, 1.54) is 74.6 Å². The van der Waals surface area contributed by atoms with E-state index in [1.807, 2.05) is 0 Å². The molecule has 0 amide bonds. The van der Waals surface area contributed by atoms with Crippen LogP contribution in [0.4, 0.5) is 0 Å². The second-order valence-electron chi connectivity index (χ2n) is 10.6. The predicted octanol–water partition coefficient (Wildman–Crippen LogP) is 6.22. The summed E-state index contributed by atoms with van der Waals surface area (Å²) >= 11 is 0. The number of piperidine rings is 1. The monoisotopic (exact) mass is 423 g/mol. The maximum atomic E-state index is 9.13. The van der Waals surface area contributed by atoms with E-state index in [0.29, 0.717) is 17.8 Å². The Hall–Kier alpha value is -1.60. The van der Waals surface area contributed by atoms with Gasteiger partial charge in [0.1, 0.15) is 0 Å². The maximum absolute atomic E-state index is 9.13. The van der Waals surface area contributed by atoms with Crippen molar-refractivity contribution in [3.8, 4) is 11.9 Å². The van der Waals surface area contributed by atoms with Crippen LogP contribution >= 0.6 is 0 Å². The van der Waals surface area contributed by atoms with Crippen molar-refractivity contribution in [2.75, 3.05) is 13.2 Å². The van der Waals surface area contributed by atoms with Crippen LogP contribution in [0.3, 0.4) is 0 Å². The highest BCUT2D eigenvalue weighted by atomic mass is 16.5. The minimum atomic E-state index is 0.286. The summed E-state index contributed by atoms with van der Waals surface area (Å²) in [5, 5.41) is 12.6. The van der Waals surface area contributed by atoms with Crippen LogP contribution in [-0.2, 0) is 6.42 Å². The number of nitrogens with zero attached hydrogens (tertiary/aromatic N) is 2. The Morgan fingerprint density at radius 1 is 1.19 bits per heavy atom. The Morgan fingerprint density at radius 2 is 2.00 bits per heavy atom. The number of nitrogens with one attached hydrogen (secondary N) is 1. The summed E-state index contributed by atoms with van der Waals surface area (Å²) in [5.74, 6) is 2.17. The van der Waals surface area contributed by atoms with Gasteiger partial charge < -0.3 is 10.1 Å². The molecule has 2 atom stereocenters. The van der Waals surface area contributed by atoms with Gasteiger partial charge in [-0.3, -0.25) is 0 Å². The van der Waals surface area contributed by atoms with E-state index in [2.05, 4.69) is 31.3 Å². The smallest absolute Gasteiger partial charge is 0.213 e. The fourth-order valence-electron chi connectivity index (χ4n) is 6.40. The van der Waals surface area contributed by atoms with Gasteiger partial charge in [-0.15, -0.1) is 0 Å². The first kappa shape index (κ1) is 22.6. The fourth-order valence-corrected chi connectivity index (χ4v) is 6.40. The molecule has 2 aliphatic carbocycles. The summed E-state index contributed by atoms with van der Waals surface area (Å²) < 4.78 is 6.46. The largest absolute Gasteiger partial charge is 0.477 e. The summed E-state index contributed by atoms with van der Waals surface area (Å²) in [6.07, 6.45) is 16.2. The van der Waals surface area contributed by atoms with E-state index < -0.39 is 0 Å². The van der Waals surface area contributed by atoms with Crippen molar-refractivity contribution < 1.29 is 4.74 Å². The lowest BCUT2D eigenvalue weighted by molar-refractivity contribution is 0.0236. The zero-order chi connectivity index (χ0) is 21.7. The molecule has 0 bridgehead atoms. The third kappa shape index (κ3) is 5.43. The Morgan fingerprint density at radius 3 is 2.68 bits per heavy atom. The first-order valence-electron chi connectivity index (χ1n) is 12.9. The highest BCUT2D eigenvalue weighted by Gasteiger charge is 2.40. The van der Waals surface area contributed by atoms with Gasteiger partial charge in [-0.1, -0.05) is 45.4 Å². The van der Waals surface area contributed by atoms with Crippen LogP contribution in [0.1, 0.15) is 107 Å². The summed E-state index contributed by atoms with van der Waals surface area (Å²) in [6, 6.07) is 4.79. The van der Waals surface area contributed by atoms with E-state index in [9.17, 15) is 0 Å². The Bertz CT molecular complexity index is 773. The number of nitriles is 1. The number of rotatable bonds is 8. The molecule has 1 aromatic rings. The maximum Gasteiger partial charge on any atom is 0.213 e. The second-order valence-corrected chi connectivity index (χ2v) is 10.6. The number of aromatic nitrogens is 1. The summed E-state index contributed by atoms with van der Waals surface area (Å²) in [7, 11) is 0. The normalized spacial score (nSPS) is 26.1. The third-order valence-corrected chi connectivity index (χ3v) is 8.32. The lowest BCUT2D eigenvalue weighted by atomic mass is 9.63. The van der Waals surface area contributed by atoms with Gasteiger partial charge in [0.25, 0.3) is 0 Å². The number of pyridine rings is 1. The minimum Gasteiger partial charge on any atom is -0.477 e. The van der Waals surface area contributed by atoms with Gasteiger partial charge in [0.2, 0.25) is 5.88 Å². The zero-order valence-electron chi connectivity index (χ0n) is 19.7. The molecule has 1 N–H and O–H groups in total. The molecule has 1 aromatic heterocycles. The molecule has 4 rings (SSSR count). The number of hydrogen-bond donors (Lipinski definition) is 1. The van der Waals surface area contributed by atoms with E-state index in [-0.39, 0.29) is 6.04 Å². The average molecular weight is 424 g/mol. The van der Waals surface area contributed by atoms with E-state index in [1.54, 1.807) is 0 Å². The van der Waals surface area contributed by atoms with Crippen molar-refractivity contribution in [3.05, 3.63) is 22.9 Å². The molecule has 1 aliphatic heterocycles. The van der Waals surface area contributed by atoms with Crippen molar-refractivity contribution in [2.24, 2.45) is 11.3 Å². The molecule has 4 heteroatoms. The topological polar surface area (TPSA) is 57.9 Å². The van der Waals surface area contributed by atoms with Gasteiger partial charge in [0, 0.05) is 23.4 Å². The van der Waals surface area contributed by atoms with Crippen LogP contribution in [0.2, 0.25) is 0 Å². The first-order chi connectivity index (χ1) is 15.1. The predicted molar refractivity (Wildman–Crippen MR) is 125 cm³/mol. The highest BCUT2D eigenvalue weighted by molar-refractivity contribution is 5.36. The lowest BCUT2D eigenvalue weighted by Gasteiger charge is -2.44. The van der Waals surface area contributed by atoms with Gasteiger partial charge in [-0.05, 0) is 69.0 Å². The van der Waals surface area contributed by atoms with Crippen molar-refractivity contribution in [1.82, 2.24) is 10.3 Å². The molecule has 31 heavy (non-hydrogen) atoms. The Balaban J connectivity index is 1.46. The molecule has 0 spiro atoms. The molecule has 0 radical (unpaired) electrons. The summed E-state index contributed by atoms with van der Waals surface area (Å²) in [5.41, 5.74) is 4.33. The van der Waals surface area contributed by atoms with Gasteiger partial charge >= 0.3 is 0 Å². The summed E-state index contributed by atoms with van der Waals surface area (Å²) in [4.78, 5) is 5.10. The van der Waals surface area contributed by atoms with Crippen LogP contribution < -0.4 is 10.1 Å². The molecular formula is C27H41N3O. The van der Waals surface area contributed by atoms with Gasteiger partial charge in [0.05, 0.1) is 24.8 Å². The van der Waals surface area contributed by atoms with Crippen molar-refractivity contribution in [1.29, 1.82) is 5.26 Å². The standard InChI is InChI=1S/C27H41N3O/c1-3-24-20(2)16-25(30-26(24)22-11-15-29-23(17-22)10-14-28)31-19-27(12-7-13-27)18-21-8-5-4-6-9-21/h16,21-23,29H,3-13,15,17-19H2,1-2H3/t22?,23-/m1/s1. The minimum absolute atomic E-state index is 0.286. The molecule has 4 nitrogen and oxygen atoms in total. The average Bonchev–Trinajstić information content (AvgIpc) is 2.76. The Labute approximate surface area is 189 Å². The van der Waals surface area contributed by atoms with Crippen molar-refractivity contribution in [2.45, 2.75) is 109 Å². The first-order valence-corrected chi connectivity index (χ1v) is 12.9. The van der Waals surface area contributed by atoms with Gasteiger partial charge in [-0.2, -0.15) is 5.26 Å². The molecule has 2 saturated carbocycles. The van der Waals surface area contributed by atoms with Crippen LogP contribution in [0.15, 0.2) is 6.07 Å². The number of hydrogen-bond acceptors (Lipinski definition) is 4. The van der Waals surface area contributed by atoms with E-state index in [0.717, 1.165) is 44.2 Å². The Kier molecular flexibility index (Phi) is 7.54. The van der Waals surface area contributed by atoms with E-state index in [4.69, 9.17) is 15.0 Å². The van der Waals surface area contributed by atoms with Crippen LogP contribution in [0, 0.1) is 29.6 Å². The third-order valence-electron chi connectivity index (χ3n) is 8.32. The second kappa shape index (κ2) is 10.3. The number of aryl methyl sites for hydroxylation is 1. The zero-order valence-corrected chi connectivity index (χ0v) is 19.7. The molecule has 3 aliphatic rings. The molecular weight excluding hydrogens is 382 g/mol. The number of ether oxygens (including phenoxy) is 1. The molecule has 0 aromatic carbocycles. The quantitative estimate of drug-likeness (QED) is 0.539. The van der Waals surface area contributed by atoms with Gasteiger partial charge in [-0.25, -0.2) is 4.98 Å². The molecule has 3 fully saturated rings. The molecule has 1 unspecified atom stereocenters. The highest BCUT2D eigenvalue weighted by Crippen LogP contribution is 2.48. The SMILES string of the molecule is CCc1c(C)cc(OCC2(CC3CCCCC3)CCC2)nc1C1CCN[C@H](CC#N)C1. The van der Waals surface area contributed by atoms with Gasteiger partial charge in [0.15, 0.2) is 0 Å². The molecule has 1 saturated heterocycles. The van der Waals surface area contributed by atoms with Crippen LogP contribution in [-0.4, -0.2) is 24.2 Å². The van der Waals surface area contributed by atoms with Crippen LogP contribution in [0.25, 0.3) is 0 Å². The van der Waals surface area contributed by atoms with Crippen molar-refractivity contribution in [3.63, 3.8) is 0 Å². The van der Waals surface area contributed by atoms with Crippen molar-refractivity contribution >= 4 is 0 Å². The fraction of sp³-hybridized carbons (Fsp3) is 0.778. The lowest BCUT2D eigenvalue weighted by Crippen LogP contribution is -2.38. The van der Waals surface area contributed by atoms with Crippen LogP contribution in [0.5, 0.6) is 5.88 Å². The van der Waals surface area contributed by atoms with E-state index >= 15 is 0 Å². The molecule has 2 heterocycles.